The second-order valence-electron chi connectivity index (χ2n) is 4.55. The maximum absolute atomic E-state index is 11.3. The lowest BCUT2D eigenvalue weighted by Crippen LogP contribution is -2.34. The minimum Gasteiger partial charge on any atom is -0.429 e. The van der Waals surface area contributed by atoms with Gasteiger partial charge in [-0.15, -0.1) is 0 Å². The topological polar surface area (TPSA) is 56.8 Å². The molecule has 0 aromatic rings. The summed E-state index contributed by atoms with van der Waals surface area (Å²) >= 11 is 0. The molecule has 2 atom stereocenters. The van der Waals surface area contributed by atoms with E-state index in [-0.39, 0.29) is 12.2 Å². The van der Waals surface area contributed by atoms with Gasteiger partial charge in [0.15, 0.2) is 0 Å². The minimum absolute atomic E-state index is 0.0856. The molecule has 88 valence electrons. The summed E-state index contributed by atoms with van der Waals surface area (Å²) in [5.41, 5.74) is -0.522. The van der Waals surface area contributed by atoms with Crippen molar-refractivity contribution in [2.24, 2.45) is 0 Å². The quantitative estimate of drug-likeness (QED) is 0.697. The summed E-state index contributed by atoms with van der Waals surface area (Å²) in [6.07, 6.45) is -0.986. The second-order valence-corrected chi connectivity index (χ2v) is 4.55. The number of carbonyl (C=O) groups is 1. The van der Waals surface area contributed by atoms with Gasteiger partial charge in [0.25, 0.3) is 0 Å². The zero-order valence-electron chi connectivity index (χ0n) is 9.70. The highest BCUT2D eigenvalue weighted by Gasteiger charge is 2.31. The molecule has 5 nitrogen and oxygen atoms in total. The molecule has 1 heterocycles. The predicted molar refractivity (Wildman–Crippen MR) is 54.8 cm³/mol. The number of hydrogen-bond acceptors (Lipinski definition) is 5. The van der Waals surface area contributed by atoms with Gasteiger partial charge in [-0.25, -0.2) is 4.79 Å². The van der Waals surface area contributed by atoms with Crippen molar-refractivity contribution in [2.45, 2.75) is 38.6 Å². The summed E-state index contributed by atoms with van der Waals surface area (Å²) in [6.45, 7) is 6.71. The first-order valence-electron chi connectivity index (χ1n) is 5.05. The van der Waals surface area contributed by atoms with Crippen molar-refractivity contribution in [3.8, 4) is 0 Å². The van der Waals surface area contributed by atoms with E-state index in [0.29, 0.717) is 13.1 Å². The molecule has 0 saturated carbocycles. The molecular weight excluding hydrogens is 198 g/mol. The maximum Gasteiger partial charge on any atom is 0.509 e. The maximum atomic E-state index is 11.3. The first-order valence-corrected chi connectivity index (χ1v) is 5.05. The lowest BCUT2D eigenvalue weighted by molar-refractivity contribution is -0.0528. The Labute approximate surface area is 90.1 Å². The van der Waals surface area contributed by atoms with Gasteiger partial charge in [0, 0.05) is 20.2 Å². The number of carbonyl (C=O) groups excluding carboxylic acids is 1. The largest absolute Gasteiger partial charge is 0.509 e. The van der Waals surface area contributed by atoms with Gasteiger partial charge < -0.3 is 19.5 Å². The van der Waals surface area contributed by atoms with E-state index in [1.807, 2.05) is 0 Å². The van der Waals surface area contributed by atoms with Gasteiger partial charge in [-0.3, -0.25) is 0 Å². The third-order valence-electron chi connectivity index (χ3n) is 2.05. The fourth-order valence-corrected chi connectivity index (χ4v) is 1.38. The van der Waals surface area contributed by atoms with Crippen molar-refractivity contribution in [3.63, 3.8) is 0 Å². The fraction of sp³-hybridized carbons (Fsp3) is 0.900. The predicted octanol–water partition coefficient (Wildman–Crippen LogP) is 0.925. The molecule has 1 aliphatic heterocycles. The summed E-state index contributed by atoms with van der Waals surface area (Å²) in [7, 11) is 1.60. The molecule has 15 heavy (non-hydrogen) atoms. The van der Waals surface area contributed by atoms with Crippen LogP contribution < -0.4 is 5.32 Å². The van der Waals surface area contributed by atoms with Crippen LogP contribution in [0, 0.1) is 0 Å². The van der Waals surface area contributed by atoms with Gasteiger partial charge in [0.05, 0.1) is 0 Å². The smallest absolute Gasteiger partial charge is 0.429 e. The van der Waals surface area contributed by atoms with Crippen LogP contribution in [0.1, 0.15) is 20.8 Å². The molecule has 0 spiro atoms. The molecule has 1 N–H and O–H groups in total. The Morgan fingerprint density at radius 2 is 1.87 bits per heavy atom. The summed E-state index contributed by atoms with van der Waals surface area (Å²) in [4.78, 5) is 11.3. The van der Waals surface area contributed by atoms with E-state index in [2.05, 4.69) is 5.32 Å². The molecular formula is C10H19NO4. The highest BCUT2D eigenvalue weighted by atomic mass is 16.7. The molecule has 0 amide bonds. The monoisotopic (exact) mass is 217 g/mol. The van der Waals surface area contributed by atoms with E-state index in [1.54, 1.807) is 27.9 Å². The van der Waals surface area contributed by atoms with E-state index in [4.69, 9.17) is 14.2 Å². The zero-order chi connectivity index (χ0) is 11.5. The summed E-state index contributed by atoms with van der Waals surface area (Å²) in [5.74, 6) is 0. The Hall–Kier alpha value is -0.810. The first-order chi connectivity index (χ1) is 6.92. The molecule has 0 aromatic heterocycles. The normalized spacial score (nSPS) is 26.4. The highest BCUT2D eigenvalue weighted by molar-refractivity contribution is 5.60. The zero-order valence-corrected chi connectivity index (χ0v) is 9.70. The van der Waals surface area contributed by atoms with Crippen LogP contribution in [0.15, 0.2) is 0 Å². The van der Waals surface area contributed by atoms with Crippen molar-refractivity contribution < 1.29 is 19.0 Å². The first kappa shape index (κ1) is 12.3. The van der Waals surface area contributed by atoms with Crippen LogP contribution in [0.25, 0.3) is 0 Å². The highest BCUT2D eigenvalue weighted by Crippen LogP contribution is 2.13. The van der Waals surface area contributed by atoms with Crippen LogP contribution >= 0.6 is 0 Å². The van der Waals surface area contributed by atoms with Crippen molar-refractivity contribution >= 4 is 6.16 Å². The number of nitrogens with one attached hydrogen (secondary N) is 1. The van der Waals surface area contributed by atoms with Crippen LogP contribution in [0.4, 0.5) is 4.79 Å². The van der Waals surface area contributed by atoms with Gasteiger partial charge in [-0.05, 0) is 20.8 Å². The molecule has 0 aliphatic carbocycles. The van der Waals surface area contributed by atoms with Crippen LogP contribution in [0.3, 0.4) is 0 Å². The van der Waals surface area contributed by atoms with E-state index >= 15 is 0 Å². The lowest BCUT2D eigenvalue weighted by Gasteiger charge is -2.22. The van der Waals surface area contributed by atoms with Crippen molar-refractivity contribution in [1.82, 2.24) is 5.32 Å². The molecule has 0 unspecified atom stereocenters. The van der Waals surface area contributed by atoms with E-state index in [9.17, 15) is 4.79 Å². The number of methoxy groups -OCH3 is 1. The molecule has 1 fully saturated rings. The molecule has 0 bridgehead atoms. The van der Waals surface area contributed by atoms with Crippen LogP contribution in [-0.4, -0.2) is 44.2 Å². The Morgan fingerprint density at radius 1 is 1.27 bits per heavy atom. The Kier molecular flexibility index (Phi) is 3.93. The summed E-state index contributed by atoms with van der Waals surface area (Å²) in [6, 6.07) is 0. The van der Waals surface area contributed by atoms with Crippen molar-refractivity contribution in [2.75, 3.05) is 20.2 Å². The third-order valence-corrected chi connectivity index (χ3v) is 2.05. The molecule has 0 aromatic carbocycles. The van der Waals surface area contributed by atoms with Gasteiger partial charge in [0.1, 0.15) is 17.8 Å². The van der Waals surface area contributed by atoms with Crippen LogP contribution in [0.2, 0.25) is 0 Å². The third kappa shape index (κ3) is 4.05. The fourth-order valence-electron chi connectivity index (χ4n) is 1.38. The van der Waals surface area contributed by atoms with E-state index in [0.717, 1.165) is 0 Å². The second kappa shape index (κ2) is 4.81. The Morgan fingerprint density at radius 3 is 2.40 bits per heavy atom. The van der Waals surface area contributed by atoms with Gasteiger partial charge >= 0.3 is 6.16 Å². The van der Waals surface area contributed by atoms with Gasteiger partial charge in [-0.1, -0.05) is 0 Å². The molecule has 0 radical (unpaired) electrons. The minimum atomic E-state index is -0.641. The van der Waals surface area contributed by atoms with Crippen LogP contribution in [0.5, 0.6) is 0 Å². The van der Waals surface area contributed by atoms with E-state index < -0.39 is 11.8 Å². The standard InChI is InChI=1S/C10H19NO4/c1-10(2,3)15-9(12)14-8-6-11-5-7(8)13-4/h7-8,11H,5-6H2,1-4H3/t7-,8-/m0/s1. The molecule has 5 heteroatoms. The average molecular weight is 217 g/mol. The Bertz CT molecular complexity index is 224. The van der Waals surface area contributed by atoms with E-state index in [1.165, 1.54) is 0 Å². The number of hydrogen-bond donors (Lipinski definition) is 1. The Balaban J connectivity index is 2.37. The molecule has 1 aliphatic rings. The summed E-state index contributed by atoms with van der Waals surface area (Å²) in [5, 5.41) is 3.08. The van der Waals surface area contributed by atoms with Crippen LogP contribution in [-0.2, 0) is 14.2 Å². The van der Waals surface area contributed by atoms with Crippen molar-refractivity contribution in [1.29, 1.82) is 0 Å². The average Bonchev–Trinajstić information content (AvgIpc) is 2.48. The number of rotatable bonds is 2. The van der Waals surface area contributed by atoms with Gasteiger partial charge in [0.2, 0.25) is 0 Å². The van der Waals surface area contributed by atoms with Gasteiger partial charge in [-0.2, -0.15) is 0 Å². The SMILES string of the molecule is CO[C@H]1CNC[C@@H]1OC(=O)OC(C)(C)C. The van der Waals surface area contributed by atoms with Crippen molar-refractivity contribution in [3.05, 3.63) is 0 Å². The summed E-state index contributed by atoms with van der Waals surface area (Å²) < 4.78 is 15.3. The lowest BCUT2D eigenvalue weighted by atomic mass is 10.2. The number of ether oxygens (including phenoxy) is 3. The molecule has 1 saturated heterocycles. The molecule has 1 rings (SSSR count).